The Morgan fingerprint density at radius 3 is 2.38 bits per heavy atom. The molecule has 0 amide bonds. The monoisotopic (exact) mass is 219 g/mol. The predicted molar refractivity (Wildman–Crippen MR) is 55.0 cm³/mol. The van der Waals surface area contributed by atoms with Crippen LogP contribution in [0.15, 0.2) is 36.5 Å². The van der Waals surface area contributed by atoms with Gasteiger partial charge in [-0.15, -0.1) is 0 Å². The lowest BCUT2D eigenvalue weighted by molar-refractivity contribution is 0.112. The molecule has 0 atom stereocenters. The molecule has 4 heteroatoms. The van der Waals surface area contributed by atoms with Crippen molar-refractivity contribution in [1.82, 2.24) is 4.98 Å². The summed E-state index contributed by atoms with van der Waals surface area (Å²) in [5.41, 5.74) is 1.08. The van der Waals surface area contributed by atoms with Crippen molar-refractivity contribution < 1.29 is 13.6 Å². The minimum absolute atomic E-state index is 0.307. The quantitative estimate of drug-likeness (QED) is 0.727. The second kappa shape index (κ2) is 4.18. The number of pyridine rings is 1. The molecule has 80 valence electrons. The van der Waals surface area contributed by atoms with Gasteiger partial charge in [-0.05, 0) is 24.3 Å². The maximum atomic E-state index is 13.0. The maximum Gasteiger partial charge on any atom is 0.150 e. The Balaban J connectivity index is 2.53. The molecule has 2 aromatic rings. The summed E-state index contributed by atoms with van der Waals surface area (Å²) in [5.74, 6) is -1.35. The molecule has 0 N–H and O–H groups in total. The summed E-state index contributed by atoms with van der Waals surface area (Å²) in [6.07, 6.45) is 2.07. The highest BCUT2D eigenvalue weighted by Crippen LogP contribution is 2.19. The fourth-order valence-corrected chi connectivity index (χ4v) is 1.38. The lowest BCUT2D eigenvalue weighted by atomic mass is 10.1. The van der Waals surface area contributed by atoms with Crippen molar-refractivity contribution in [3.63, 3.8) is 0 Å². The fourth-order valence-electron chi connectivity index (χ4n) is 1.38. The SMILES string of the molecule is O=Cc1ccnc(-c2cc(F)cc(F)c2)c1. The topological polar surface area (TPSA) is 30.0 Å². The van der Waals surface area contributed by atoms with Crippen LogP contribution in [0.4, 0.5) is 8.78 Å². The van der Waals surface area contributed by atoms with Gasteiger partial charge in [0.15, 0.2) is 0 Å². The van der Waals surface area contributed by atoms with Crippen molar-refractivity contribution in [2.45, 2.75) is 0 Å². The molecule has 0 unspecified atom stereocenters. The standard InChI is InChI=1S/C12H7F2NO/c13-10-4-9(5-11(14)6-10)12-3-8(7-16)1-2-15-12/h1-7H. The number of aromatic nitrogens is 1. The molecular formula is C12H7F2NO. The highest BCUT2D eigenvalue weighted by atomic mass is 19.1. The molecule has 2 rings (SSSR count). The van der Waals surface area contributed by atoms with Crippen LogP contribution in [0, 0.1) is 11.6 Å². The van der Waals surface area contributed by atoms with Gasteiger partial charge in [0.2, 0.25) is 0 Å². The van der Waals surface area contributed by atoms with Gasteiger partial charge in [-0.25, -0.2) is 8.78 Å². The lowest BCUT2D eigenvalue weighted by Gasteiger charge is -2.01. The van der Waals surface area contributed by atoms with Crippen LogP contribution in [0.2, 0.25) is 0 Å². The Bertz CT molecular complexity index is 520. The Kier molecular flexibility index (Phi) is 2.72. The number of benzene rings is 1. The fraction of sp³-hybridized carbons (Fsp3) is 0. The number of nitrogens with zero attached hydrogens (tertiary/aromatic N) is 1. The van der Waals surface area contributed by atoms with E-state index in [1.165, 1.54) is 30.5 Å². The second-order valence-electron chi connectivity index (χ2n) is 3.25. The number of halogens is 2. The molecule has 0 spiro atoms. The Labute approximate surface area is 90.6 Å². The van der Waals surface area contributed by atoms with Crippen molar-refractivity contribution in [3.05, 3.63) is 53.7 Å². The Morgan fingerprint density at radius 1 is 1.06 bits per heavy atom. The first-order valence-corrected chi connectivity index (χ1v) is 4.57. The van der Waals surface area contributed by atoms with Gasteiger partial charge in [0.05, 0.1) is 5.69 Å². The van der Waals surface area contributed by atoms with Crippen LogP contribution in [0.1, 0.15) is 10.4 Å². The summed E-state index contributed by atoms with van der Waals surface area (Å²) >= 11 is 0. The van der Waals surface area contributed by atoms with Crippen LogP contribution in [0.25, 0.3) is 11.3 Å². The average molecular weight is 219 g/mol. The van der Waals surface area contributed by atoms with Crippen LogP contribution in [0.3, 0.4) is 0 Å². The van der Waals surface area contributed by atoms with Crippen LogP contribution in [-0.2, 0) is 0 Å². The molecule has 0 aliphatic rings. The second-order valence-corrected chi connectivity index (χ2v) is 3.25. The molecule has 1 aromatic carbocycles. The highest BCUT2D eigenvalue weighted by molar-refractivity contribution is 5.77. The Hall–Kier alpha value is -2.10. The predicted octanol–water partition coefficient (Wildman–Crippen LogP) is 2.84. The number of hydrogen-bond donors (Lipinski definition) is 0. The lowest BCUT2D eigenvalue weighted by Crippen LogP contribution is -1.89. The summed E-state index contributed by atoms with van der Waals surface area (Å²) < 4.78 is 25.9. The molecule has 0 bridgehead atoms. The van der Waals surface area contributed by atoms with E-state index in [-0.39, 0.29) is 0 Å². The van der Waals surface area contributed by atoms with Crippen LogP contribution < -0.4 is 0 Å². The summed E-state index contributed by atoms with van der Waals surface area (Å²) in [4.78, 5) is 14.5. The van der Waals surface area contributed by atoms with E-state index in [0.717, 1.165) is 6.07 Å². The normalized spacial score (nSPS) is 10.1. The summed E-state index contributed by atoms with van der Waals surface area (Å²) in [5, 5.41) is 0. The molecule has 16 heavy (non-hydrogen) atoms. The zero-order valence-corrected chi connectivity index (χ0v) is 8.15. The van der Waals surface area contributed by atoms with Gasteiger partial charge >= 0.3 is 0 Å². The zero-order valence-electron chi connectivity index (χ0n) is 8.15. The van der Waals surface area contributed by atoms with Crippen molar-refractivity contribution in [2.75, 3.05) is 0 Å². The minimum Gasteiger partial charge on any atom is -0.298 e. The van der Waals surface area contributed by atoms with Crippen LogP contribution in [0.5, 0.6) is 0 Å². The number of rotatable bonds is 2. The summed E-state index contributed by atoms with van der Waals surface area (Å²) in [7, 11) is 0. The van der Waals surface area contributed by atoms with Crippen molar-refractivity contribution >= 4 is 6.29 Å². The van der Waals surface area contributed by atoms with Gasteiger partial charge in [0.1, 0.15) is 17.9 Å². The van der Waals surface area contributed by atoms with Gasteiger partial charge in [0.25, 0.3) is 0 Å². The molecule has 0 aliphatic heterocycles. The van der Waals surface area contributed by atoms with E-state index in [1.54, 1.807) is 0 Å². The minimum atomic E-state index is -0.673. The molecule has 0 aliphatic carbocycles. The third kappa shape index (κ3) is 2.11. The van der Waals surface area contributed by atoms with Crippen molar-refractivity contribution in [1.29, 1.82) is 0 Å². The Morgan fingerprint density at radius 2 is 1.75 bits per heavy atom. The maximum absolute atomic E-state index is 13.0. The van der Waals surface area contributed by atoms with E-state index >= 15 is 0 Å². The van der Waals surface area contributed by atoms with Crippen molar-refractivity contribution in [3.8, 4) is 11.3 Å². The van der Waals surface area contributed by atoms with Gasteiger partial charge in [-0.1, -0.05) is 0 Å². The smallest absolute Gasteiger partial charge is 0.150 e. The first kappa shape index (κ1) is 10.4. The third-order valence-corrected chi connectivity index (χ3v) is 2.08. The number of carbonyl (C=O) groups is 1. The molecular weight excluding hydrogens is 212 g/mol. The molecule has 0 fully saturated rings. The van der Waals surface area contributed by atoms with Gasteiger partial charge in [0, 0.05) is 23.4 Å². The third-order valence-electron chi connectivity index (χ3n) is 2.08. The largest absolute Gasteiger partial charge is 0.298 e. The first-order valence-electron chi connectivity index (χ1n) is 4.57. The number of hydrogen-bond acceptors (Lipinski definition) is 2. The van der Waals surface area contributed by atoms with E-state index in [4.69, 9.17) is 0 Å². The zero-order chi connectivity index (χ0) is 11.5. The van der Waals surface area contributed by atoms with Gasteiger partial charge in [-0.2, -0.15) is 0 Å². The summed E-state index contributed by atoms with van der Waals surface area (Å²) in [6, 6.07) is 6.11. The van der Waals surface area contributed by atoms with Crippen molar-refractivity contribution in [2.24, 2.45) is 0 Å². The molecule has 1 aromatic heterocycles. The van der Waals surface area contributed by atoms with Gasteiger partial charge in [-0.3, -0.25) is 9.78 Å². The number of aldehydes is 1. The molecule has 0 saturated carbocycles. The molecule has 0 radical (unpaired) electrons. The van der Waals surface area contributed by atoms with E-state index in [2.05, 4.69) is 4.98 Å². The van der Waals surface area contributed by atoms with E-state index < -0.39 is 11.6 Å². The highest BCUT2D eigenvalue weighted by Gasteiger charge is 2.04. The number of carbonyl (C=O) groups excluding carboxylic acids is 1. The average Bonchev–Trinajstić information content (AvgIpc) is 2.28. The van der Waals surface area contributed by atoms with Crippen LogP contribution in [-0.4, -0.2) is 11.3 Å². The summed E-state index contributed by atoms with van der Waals surface area (Å²) in [6.45, 7) is 0. The van der Waals surface area contributed by atoms with Gasteiger partial charge < -0.3 is 0 Å². The van der Waals surface area contributed by atoms with E-state index in [1.807, 2.05) is 0 Å². The van der Waals surface area contributed by atoms with E-state index in [0.29, 0.717) is 23.1 Å². The van der Waals surface area contributed by atoms with Crippen LogP contribution >= 0.6 is 0 Å². The molecule has 0 saturated heterocycles. The molecule has 2 nitrogen and oxygen atoms in total. The van der Waals surface area contributed by atoms with E-state index in [9.17, 15) is 13.6 Å². The molecule has 1 heterocycles. The first-order chi connectivity index (χ1) is 7.69.